The van der Waals surface area contributed by atoms with E-state index in [1.807, 2.05) is 0 Å². The highest BCUT2D eigenvalue weighted by molar-refractivity contribution is 6.74. The summed E-state index contributed by atoms with van der Waals surface area (Å²) >= 11 is 0. The zero-order chi connectivity index (χ0) is 21.8. The molecule has 0 unspecified atom stereocenters. The van der Waals surface area contributed by atoms with Crippen LogP contribution in [0, 0.1) is 28.1 Å². The Hall–Kier alpha value is 0.0969. The summed E-state index contributed by atoms with van der Waals surface area (Å²) in [5.41, 5.74) is 1.07. The van der Waals surface area contributed by atoms with Gasteiger partial charge in [0.2, 0.25) is 0 Å². The second-order valence-electron chi connectivity index (χ2n) is 13.9. The van der Waals surface area contributed by atoms with Crippen LogP contribution in [0.1, 0.15) is 92.9 Å². The molecule has 1 saturated heterocycles. The zero-order valence-corrected chi connectivity index (χ0v) is 22.0. The highest BCUT2D eigenvalue weighted by Gasteiger charge is 2.78. The summed E-state index contributed by atoms with van der Waals surface area (Å²) in [4.78, 5) is 0. The summed E-state index contributed by atoms with van der Waals surface area (Å²) in [6.07, 6.45) is 10.1. The molecule has 4 saturated carbocycles. The van der Waals surface area contributed by atoms with E-state index in [-0.39, 0.29) is 21.8 Å². The van der Waals surface area contributed by atoms with Gasteiger partial charge in [-0.25, -0.2) is 0 Å². The van der Waals surface area contributed by atoms with Gasteiger partial charge in [0, 0.05) is 17.3 Å². The maximum atomic E-state index is 7.25. The van der Waals surface area contributed by atoms with Crippen LogP contribution in [0.4, 0.5) is 0 Å². The van der Waals surface area contributed by atoms with Crippen LogP contribution in [-0.4, -0.2) is 32.9 Å². The average molecular weight is 435 g/mol. The molecule has 0 radical (unpaired) electrons. The van der Waals surface area contributed by atoms with E-state index in [1.54, 1.807) is 0 Å². The molecule has 3 nitrogen and oxygen atoms in total. The fourth-order valence-corrected chi connectivity index (χ4v) is 10.5. The maximum Gasteiger partial charge on any atom is 0.192 e. The first-order valence-electron chi connectivity index (χ1n) is 12.7. The van der Waals surface area contributed by atoms with Crippen LogP contribution in [0.15, 0.2) is 0 Å². The van der Waals surface area contributed by atoms with Gasteiger partial charge in [-0.3, -0.25) is 0 Å². The van der Waals surface area contributed by atoms with Crippen molar-refractivity contribution in [2.45, 2.75) is 122 Å². The minimum Gasteiger partial charge on any atom is -0.411 e. The molecular formula is C26H46O3Si. The fourth-order valence-electron chi connectivity index (χ4n) is 8.85. The number of hydrogen-bond donors (Lipinski definition) is 0. The Kier molecular flexibility index (Phi) is 4.50. The Labute approximate surface area is 186 Å². The molecule has 4 heteroatoms. The number of fused-ring (bicyclic) bond motifs is 6. The predicted octanol–water partition coefficient (Wildman–Crippen LogP) is 6.92. The SMILES string of the molecule is CC(C)(C)[Si](C)(C)O[C@]12CC[C@@]3(C)[C@@H]4CCCC5(OCCO5)[C@@]4(C)CC[C@@H]3[C@@]1(C)C2. The zero-order valence-electron chi connectivity index (χ0n) is 21.0. The molecule has 0 aromatic carbocycles. The summed E-state index contributed by atoms with van der Waals surface area (Å²) in [6.45, 7) is 21.4. The van der Waals surface area contributed by atoms with Gasteiger partial charge in [0.25, 0.3) is 0 Å². The average Bonchev–Trinajstić information content (AvgIpc) is 2.97. The first kappa shape index (κ1) is 21.9. The summed E-state index contributed by atoms with van der Waals surface area (Å²) < 4.78 is 20.1. The highest BCUT2D eigenvalue weighted by atomic mass is 28.4. The van der Waals surface area contributed by atoms with Gasteiger partial charge in [0.1, 0.15) is 0 Å². The largest absolute Gasteiger partial charge is 0.411 e. The van der Waals surface area contributed by atoms with Crippen molar-refractivity contribution in [2.24, 2.45) is 28.1 Å². The van der Waals surface area contributed by atoms with E-state index in [0.717, 1.165) is 25.6 Å². The van der Waals surface area contributed by atoms with Crippen molar-refractivity contribution < 1.29 is 13.9 Å². The molecule has 4 aliphatic carbocycles. The summed E-state index contributed by atoms with van der Waals surface area (Å²) in [6, 6.07) is 0. The predicted molar refractivity (Wildman–Crippen MR) is 124 cm³/mol. The molecule has 0 aromatic rings. The third-order valence-corrected chi connectivity index (χ3v) is 16.1. The van der Waals surface area contributed by atoms with Crippen LogP contribution < -0.4 is 0 Å². The first-order chi connectivity index (χ1) is 13.8. The highest BCUT2D eigenvalue weighted by Crippen LogP contribution is 2.80. The molecular weight excluding hydrogens is 388 g/mol. The van der Waals surface area contributed by atoms with Crippen molar-refractivity contribution >= 4 is 8.32 Å². The minimum atomic E-state index is -1.77. The Bertz CT molecular complexity index is 722. The smallest absolute Gasteiger partial charge is 0.192 e. The molecule has 1 heterocycles. The van der Waals surface area contributed by atoms with Crippen LogP contribution in [0.2, 0.25) is 18.1 Å². The van der Waals surface area contributed by atoms with E-state index in [1.165, 1.54) is 44.9 Å². The van der Waals surface area contributed by atoms with Gasteiger partial charge in [-0.15, -0.1) is 0 Å². The van der Waals surface area contributed by atoms with Crippen LogP contribution in [0.5, 0.6) is 0 Å². The second-order valence-corrected chi connectivity index (χ2v) is 18.6. The Morgan fingerprint density at radius 3 is 2.10 bits per heavy atom. The van der Waals surface area contributed by atoms with Gasteiger partial charge in [-0.1, -0.05) is 41.5 Å². The van der Waals surface area contributed by atoms with Gasteiger partial charge < -0.3 is 13.9 Å². The lowest BCUT2D eigenvalue weighted by atomic mass is 9.42. The molecule has 1 aliphatic heterocycles. The van der Waals surface area contributed by atoms with E-state index >= 15 is 0 Å². The Balaban J connectivity index is 1.45. The lowest BCUT2D eigenvalue weighted by Crippen LogP contribution is -2.64. The molecule has 0 aromatic heterocycles. The van der Waals surface area contributed by atoms with E-state index in [0.29, 0.717) is 16.7 Å². The lowest BCUT2D eigenvalue weighted by molar-refractivity contribution is -0.305. The summed E-state index contributed by atoms with van der Waals surface area (Å²) in [5, 5.41) is 0.282. The summed E-state index contributed by atoms with van der Waals surface area (Å²) in [7, 11) is -1.77. The first-order valence-corrected chi connectivity index (χ1v) is 15.6. The molecule has 1 spiro atoms. The number of hydrogen-bond acceptors (Lipinski definition) is 3. The van der Waals surface area contributed by atoms with Gasteiger partial charge in [-0.2, -0.15) is 0 Å². The Morgan fingerprint density at radius 1 is 0.833 bits per heavy atom. The van der Waals surface area contributed by atoms with Gasteiger partial charge in [0.15, 0.2) is 14.1 Å². The van der Waals surface area contributed by atoms with Crippen molar-refractivity contribution in [3.05, 3.63) is 0 Å². The molecule has 5 rings (SSSR count). The van der Waals surface area contributed by atoms with Crippen molar-refractivity contribution in [2.75, 3.05) is 13.2 Å². The number of rotatable bonds is 2. The third kappa shape index (κ3) is 2.54. The van der Waals surface area contributed by atoms with Gasteiger partial charge >= 0.3 is 0 Å². The standard InChI is InChI=1S/C26H46O3Si/c1-21(2,3)30(7,8)29-25-15-14-22(4)19-10-9-12-26(27-16-17-28-26)23(19,5)13-11-20(22)24(25,6)18-25/h19-20H,9-18H2,1-8H3/t19-,20-,22-,23-,24+,25-/m0/s1. The quantitative estimate of drug-likeness (QED) is 0.442. The summed E-state index contributed by atoms with van der Waals surface area (Å²) in [5.74, 6) is 1.18. The number of ether oxygens (including phenoxy) is 2. The van der Waals surface area contributed by atoms with E-state index in [2.05, 4.69) is 54.6 Å². The molecule has 0 N–H and O–H groups in total. The molecule has 30 heavy (non-hydrogen) atoms. The Morgan fingerprint density at radius 2 is 1.47 bits per heavy atom. The van der Waals surface area contributed by atoms with Crippen molar-refractivity contribution in [1.82, 2.24) is 0 Å². The van der Waals surface area contributed by atoms with Gasteiger partial charge in [0.05, 0.1) is 18.8 Å². The van der Waals surface area contributed by atoms with E-state index in [4.69, 9.17) is 13.9 Å². The minimum absolute atomic E-state index is 0.153. The molecule has 5 fully saturated rings. The van der Waals surface area contributed by atoms with Crippen molar-refractivity contribution in [3.63, 3.8) is 0 Å². The monoisotopic (exact) mass is 434 g/mol. The van der Waals surface area contributed by atoms with Gasteiger partial charge in [-0.05, 0) is 80.3 Å². The van der Waals surface area contributed by atoms with E-state index in [9.17, 15) is 0 Å². The van der Waals surface area contributed by atoms with Crippen LogP contribution in [0.3, 0.4) is 0 Å². The molecule has 5 aliphatic rings. The third-order valence-electron chi connectivity index (χ3n) is 11.6. The molecule has 6 atom stereocenters. The fraction of sp³-hybridized carbons (Fsp3) is 1.00. The van der Waals surface area contributed by atoms with Crippen LogP contribution in [0.25, 0.3) is 0 Å². The normalized spacial score (nSPS) is 50.0. The van der Waals surface area contributed by atoms with E-state index < -0.39 is 8.32 Å². The second kappa shape index (κ2) is 6.15. The topological polar surface area (TPSA) is 27.7 Å². The lowest BCUT2D eigenvalue weighted by Gasteiger charge is -2.66. The van der Waals surface area contributed by atoms with Crippen LogP contribution >= 0.6 is 0 Å². The van der Waals surface area contributed by atoms with Crippen LogP contribution in [-0.2, 0) is 13.9 Å². The van der Waals surface area contributed by atoms with Crippen molar-refractivity contribution in [3.8, 4) is 0 Å². The maximum absolute atomic E-state index is 7.25. The molecule has 172 valence electrons. The van der Waals surface area contributed by atoms with Crippen molar-refractivity contribution in [1.29, 1.82) is 0 Å². The molecule has 0 amide bonds. The molecule has 0 bridgehead atoms.